The Hall–Kier alpha value is -6.02. The van der Waals surface area contributed by atoms with Crippen molar-refractivity contribution in [1.29, 1.82) is 0 Å². The lowest BCUT2D eigenvalue weighted by Gasteiger charge is -2.28. The molecule has 7 rings (SSSR count). The molecule has 0 fully saturated rings. The maximum Gasteiger partial charge on any atom is 0.397 e. The fourth-order valence-corrected chi connectivity index (χ4v) is 12.5. The number of halogens is 6. The van der Waals surface area contributed by atoms with E-state index in [0.717, 1.165) is 18.2 Å². The van der Waals surface area contributed by atoms with Gasteiger partial charge < -0.3 is 29.6 Å². The van der Waals surface area contributed by atoms with Gasteiger partial charge >= 0.3 is 20.8 Å². The van der Waals surface area contributed by atoms with E-state index in [9.17, 15) is 77.2 Å². The Bertz CT molecular complexity index is 4180. The van der Waals surface area contributed by atoms with Gasteiger partial charge in [0.15, 0.2) is 54.2 Å². The molecule has 436 valence electrons. The van der Waals surface area contributed by atoms with E-state index >= 15 is 0 Å². The Morgan fingerprint density at radius 1 is 0.650 bits per heavy atom. The highest BCUT2D eigenvalue weighted by atomic mass is 35.5. The zero-order valence-electron chi connectivity index (χ0n) is 39.6. The topological polar surface area (TPSA) is 434 Å². The highest BCUT2D eigenvalue weighted by Crippen LogP contribution is 2.55. The summed E-state index contributed by atoms with van der Waals surface area (Å²) < 4.78 is 266. The molecule has 2 aromatic carbocycles. The lowest BCUT2D eigenvalue weighted by molar-refractivity contribution is 0.275. The smallest absolute Gasteiger partial charge is 0.397 e. The number of sulfone groups is 2. The van der Waals surface area contributed by atoms with Crippen LogP contribution >= 0.6 is 23.2 Å². The Morgan fingerprint density at radius 3 is 1.71 bits per heavy atom. The molecule has 0 bridgehead atoms. The summed E-state index contributed by atoms with van der Waals surface area (Å²) in [5.74, 6) is -15.0. The minimum atomic E-state index is -5.02. The first-order chi connectivity index (χ1) is 37.1. The monoisotopic (exact) mass is 1290 g/mol. The van der Waals surface area contributed by atoms with E-state index < -0.39 is 225 Å². The number of benzene rings is 3. The van der Waals surface area contributed by atoms with E-state index in [2.05, 4.69) is 48.9 Å². The molecule has 0 saturated carbocycles. The minimum absolute atomic E-state index is 0.246. The third kappa shape index (κ3) is 14.9. The zero-order valence-corrected chi connectivity index (χ0v) is 46.0. The van der Waals surface area contributed by atoms with Crippen LogP contribution in [0.25, 0.3) is 22.6 Å². The highest BCUT2D eigenvalue weighted by Gasteiger charge is 2.37. The second kappa shape index (κ2) is 23.8. The van der Waals surface area contributed by atoms with Crippen molar-refractivity contribution in [3.05, 3.63) is 75.9 Å². The largest absolute Gasteiger partial charge is 0.450 e. The van der Waals surface area contributed by atoms with Gasteiger partial charge in [-0.3, -0.25) is 23.2 Å². The molecule has 80 heavy (non-hydrogen) atoms. The van der Waals surface area contributed by atoms with Crippen LogP contribution < -0.4 is 30.5 Å². The first kappa shape index (κ1) is 61.6. The molecule has 0 unspecified atom stereocenters. The summed E-state index contributed by atoms with van der Waals surface area (Å²) >= 11 is 13.8. The number of nitrogens with one attached hydrogen (secondary N) is 2. The number of ether oxygens (including phenoxy) is 1. The molecule has 4 heterocycles. The van der Waals surface area contributed by atoms with Crippen LogP contribution in [0.2, 0.25) is 10.0 Å². The van der Waals surface area contributed by atoms with E-state index in [-0.39, 0.29) is 22.8 Å². The number of nitrogens with zero attached hydrogens (tertiary/aromatic N) is 8. The second-order valence-electron chi connectivity index (χ2n) is 16.1. The molecule has 0 atom stereocenters. The van der Waals surface area contributed by atoms with Crippen LogP contribution in [0.1, 0.15) is 0 Å². The Labute approximate surface area is 459 Å². The van der Waals surface area contributed by atoms with Crippen LogP contribution in [-0.4, -0.2) is 169 Å². The van der Waals surface area contributed by atoms with Crippen molar-refractivity contribution in [1.82, 2.24) is 24.9 Å². The molecular weight excluding hydrogens is 1260 g/mol. The summed E-state index contributed by atoms with van der Waals surface area (Å²) in [5, 5.41) is 3.88. The van der Waals surface area contributed by atoms with Crippen molar-refractivity contribution in [2.24, 2.45) is 4.99 Å². The van der Waals surface area contributed by atoms with Gasteiger partial charge in [-0.2, -0.15) is 51.2 Å². The highest BCUT2D eigenvalue weighted by molar-refractivity contribution is 7.92. The zero-order chi connectivity index (χ0) is 58.9. The summed E-state index contributed by atoms with van der Waals surface area (Å²) in [4.78, 5) is 21.5. The molecule has 42 heteroatoms. The van der Waals surface area contributed by atoms with Gasteiger partial charge in [-0.25, -0.2) is 50.1 Å². The van der Waals surface area contributed by atoms with Crippen molar-refractivity contribution in [2.75, 3.05) is 95.9 Å². The maximum absolute atomic E-state index is 15.0. The maximum atomic E-state index is 15.0. The summed E-state index contributed by atoms with van der Waals surface area (Å²) in [5.41, 5.74) is -2.25. The van der Waals surface area contributed by atoms with Crippen LogP contribution in [0.5, 0.6) is 11.5 Å². The van der Waals surface area contributed by atoms with Gasteiger partial charge in [0.25, 0.3) is 32.1 Å². The number of hydrogen-bond acceptors (Lipinski definition) is 26. The van der Waals surface area contributed by atoms with Gasteiger partial charge in [-0.05, 0) is 24.3 Å². The Balaban J connectivity index is 1.34. The number of aromatic nitrogens is 5. The fourth-order valence-electron chi connectivity index (χ4n) is 7.38. The fraction of sp³-hybridized carbons (Fsp3) is 0.316. The second-order valence-corrected chi connectivity index (χ2v) is 26.3. The average molecular weight is 1290 g/mol. The van der Waals surface area contributed by atoms with Crippen molar-refractivity contribution >= 4 is 124 Å². The Kier molecular flexibility index (Phi) is 18.3. The molecule has 0 saturated heterocycles. The van der Waals surface area contributed by atoms with E-state index in [4.69, 9.17) is 41.5 Å². The normalized spacial score (nSPS) is 13.4. The number of fused-ring (bicyclic) bond motifs is 4. The number of rotatable bonds is 25. The Morgan fingerprint density at radius 2 is 1.18 bits per heavy atom. The van der Waals surface area contributed by atoms with Gasteiger partial charge in [-0.1, -0.05) is 23.2 Å². The van der Waals surface area contributed by atoms with E-state index in [0.29, 0.717) is 22.5 Å². The van der Waals surface area contributed by atoms with E-state index in [1.54, 1.807) is 0 Å². The predicted molar refractivity (Wildman–Crippen MR) is 270 cm³/mol. The summed E-state index contributed by atoms with van der Waals surface area (Å²) in [6, 6.07) is 4.44. The lowest BCUT2D eigenvalue weighted by atomic mass is 10.1. The molecule has 1 aliphatic carbocycles. The van der Waals surface area contributed by atoms with Gasteiger partial charge in [0, 0.05) is 32.7 Å². The molecule has 0 amide bonds. The molecule has 30 nitrogen and oxygen atoms in total. The van der Waals surface area contributed by atoms with Gasteiger partial charge in [0.1, 0.15) is 49.4 Å². The van der Waals surface area contributed by atoms with Crippen molar-refractivity contribution in [3.8, 4) is 23.0 Å². The molecule has 4 aromatic rings. The van der Waals surface area contributed by atoms with Crippen molar-refractivity contribution < 1.29 is 104 Å². The van der Waals surface area contributed by atoms with Crippen LogP contribution in [0, 0.1) is 23.5 Å². The molecule has 6 N–H and O–H groups in total. The van der Waals surface area contributed by atoms with E-state index in [1.807, 2.05) is 0 Å². The van der Waals surface area contributed by atoms with Crippen molar-refractivity contribution in [2.45, 2.75) is 9.79 Å². The summed E-state index contributed by atoms with van der Waals surface area (Å²) in [6.45, 7) is -6.34. The van der Waals surface area contributed by atoms with Crippen LogP contribution in [0.4, 0.5) is 46.3 Å². The van der Waals surface area contributed by atoms with Crippen LogP contribution in [0.3, 0.4) is 0 Å². The number of hydrogen-bond donors (Lipinski definition) is 6. The standard InChI is InChI=1S/C38H36Cl2F4N10O20S6/c39-23-27-31(73-29-19(51-27)1-3-21(45-5-11-71-79(65,66)67)33(29)75(55,56)13-7-53(9-15-77(59,60)61)37-25(41)35(43)47-17-49-37)24(40)28-32(23)74-30-20(52-28)2-4-22(46-6-12-72-80(68,69)70)34(30)76(57,58)14-8-54(10-16-78(62,63)64)38-26(42)36(44)48-18-50-38/h1-4,17-18,45,51H,5-16H2,(H,59,60,61)(H,62,63,64)(H,65,66,67)(H,68,69,70). The minimum Gasteiger partial charge on any atom is -0.450 e. The molecule has 0 spiro atoms. The lowest BCUT2D eigenvalue weighted by Crippen LogP contribution is -2.36. The summed E-state index contributed by atoms with van der Waals surface area (Å²) in [7, 11) is -29.5. The summed E-state index contributed by atoms with van der Waals surface area (Å²) in [6.07, 6.45) is 1.09. The molecule has 0 radical (unpaired) electrons. The van der Waals surface area contributed by atoms with Crippen LogP contribution in [-0.2, 0) is 69.1 Å². The third-order valence-electron chi connectivity index (χ3n) is 10.8. The molecular formula is C38H36Cl2F4N10O20S6. The van der Waals surface area contributed by atoms with Gasteiger partial charge in [0.05, 0.1) is 59.5 Å². The van der Waals surface area contributed by atoms with Crippen LogP contribution in [0.15, 0.2) is 56.1 Å². The number of anilines is 5. The van der Waals surface area contributed by atoms with Gasteiger partial charge in [0.2, 0.25) is 11.6 Å². The average Bonchev–Trinajstić information content (AvgIpc) is 3.57. The first-order valence-corrected chi connectivity index (χ1v) is 31.7. The predicted octanol–water partition coefficient (Wildman–Crippen LogP) is 2.51. The first-order valence-electron chi connectivity index (χ1n) is 21.7. The SMILES string of the molecule is O=S(=O)(O)CCN(CCS(=O)(=O)c1c(NCCOS(=O)(=O)O)ccc2c1Oc1c(c(Cl)c3oc4c(S(=O)(=O)CCN(CCS(=O)(=O)O)c5ncnc(F)c5F)c(=NCCOS(=O)(=O)O)ccc-4nc3c1Cl)N2)c1ncnc(F)c1F. The molecule has 2 aromatic heterocycles. The molecule has 2 aliphatic heterocycles. The third-order valence-corrected chi connectivity index (χ3v) is 17.3. The van der Waals surface area contributed by atoms with Crippen molar-refractivity contribution in [3.63, 3.8) is 0 Å². The quantitative estimate of drug-likeness (QED) is 0.0157. The van der Waals surface area contributed by atoms with E-state index in [1.165, 1.54) is 6.07 Å². The van der Waals surface area contributed by atoms with Gasteiger partial charge in [-0.15, -0.1) is 0 Å². The molecule has 3 aliphatic rings.